The number of quaternary nitrogens is 1. The van der Waals surface area contributed by atoms with Crippen LogP contribution < -0.4 is 4.90 Å². The van der Waals surface area contributed by atoms with Crippen LogP contribution in [0.15, 0.2) is 72.8 Å². The lowest BCUT2D eigenvalue weighted by molar-refractivity contribution is -0.917. The Bertz CT molecular complexity index is 1100. The van der Waals surface area contributed by atoms with Crippen molar-refractivity contribution in [2.45, 2.75) is 6.54 Å². The molecule has 1 amide bonds. The lowest BCUT2D eigenvalue weighted by Gasteiger charge is -2.31. The zero-order chi connectivity index (χ0) is 20.9. The fourth-order valence-corrected chi connectivity index (χ4v) is 4.00. The Labute approximate surface area is 175 Å². The van der Waals surface area contributed by atoms with E-state index in [0.29, 0.717) is 18.7 Å². The Hall–Kier alpha value is -3.51. The first kappa shape index (κ1) is 19.8. The summed E-state index contributed by atoms with van der Waals surface area (Å²) in [6.45, 7) is 4.07. The second-order valence-electron chi connectivity index (χ2n) is 7.54. The number of benzene rings is 3. The summed E-state index contributed by atoms with van der Waals surface area (Å²) >= 11 is 0. The number of hydrogen-bond donors (Lipinski definition) is 1. The normalized spacial score (nSPS) is 15.0. The standard InChI is InChI=1S/C24H23N3O3/c28-24(13-12-20-7-2-4-11-23(20)27(29)30)26-16-14-25(15-17-26)18-21-9-5-8-19-6-1-3-10-22(19)21/h1-13H,14-18H2/p+1/b13-12+. The molecule has 30 heavy (non-hydrogen) atoms. The van der Waals surface area contributed by atoms with Crippen LogP contribution in [-0.4, -0.2) is 41.9 Å². The average Bonchev–Trinajstić information content (AvgIpc) is 2.78. The third kappa shape index (κ3) is 4.39. The number of rotatable bonds is 5. The van der Waals surface area contributed by atoms with Crippen molar-refractivity contribution in [1.82, 2.24) is 4.90 Å². The maximum absolute atomic E-state index is 12.6. The first-order valence-corrected chi connectivity index (χ1v) is 10.1. The van der Waals surface area contributed by atoms with Crippen molar-refractivity contribution in [2.24, 2.45) is 0 Å². The van der Waals surface area contributed by atoms with Crippen LogP contribution in [0.4, 0.5) is 5.69 Å². The van der Waals surface area contributed by atoms with Gasteiger partial charge in [-0.3, -0.25) is 14.9 Å². The van der Waals surface area contributed by atoms with Gasteiger partial charge in [-0.25, -0.2) is 0 Å². The smallest absolute Gasteiger partial charge is 0.276 e. The molecule has 6 heteroatoms. The van der Waals surface area contributed by atoms with Crippen LogP contribution in [0.1, 0.15) is 11.1 Å². The molecule has 1 aliphatic rings. The summed E-state index contributed by atoms with van der Waals surface area (Å²) in [6.07, 6.45) is 2.98. The lowest BCUT2D eigenvalue weighted by atomic mass is 10.0. The predicted molar refractivity (Wildman–Crippen MR) is 117 cm³/mol. The van der Waals surface area contributed by atoms with Crippen molar-refractivity contribution < 1.29 is 14.6 Å². The minimum atomic E-state index is -0.431. The van der Waals surface area contributed by atoms with Crippen LogP contribution in [0.5, 0.6) is 0 Å². The molecule has 1 saturated heterocycles. The summed E-state index contributed by atoms with van der Waals surface area (Å²) in [5.74, 6) is -0.0997. The van der Waals surface area contributed by atoms with Crippen molar-refractivity contribution >= 4 is 28.4 Å². The van der Waals surface area contributed by atoms with E-state index in [2.05, 4.69) is 42.5 Å². The summed E-state index contributed by atoms with van der Waals surface area (Å²) in [7, 11) is 0. The van der Waals surface area contributed by atoms with E-state index in [1.165, 1.54) is 39.5 Å². The minimum absolute atomic E-state index is 0.00546. The molecular formula is C24H24N3O3+. The Morgan fingerprint density at radius 1 is 1.00 bits per heavy atom. The Balaban J connectivity index is 1.36. The van der Waals surface area contributed by atoms with Gasteiger partial charge in [-0.2, -0.15) is 0 Å². The van der Waals surface area contributed by atoms with Crippen LogP contribution in [-0.2, 0) is 11.3 Å². The molecule has 1 aliphatic heterocycles. The van der Waals surface area contributed by atoms with E-state index in [1.54, 1.807) is 18.2 Å². The van der Waals surface area contributed by atoms with E-state index >= 15 is 0 Å². The summed E-state index contributed by atoms with van der Waals surface area (Å²) in [6, 6.07) is 21.3. The molecule has 0 unspecified atom stereocenters. The molecule has 0 spiro atoms. The largest absolute Gasteiger partial charge is 0.328 e. The highest BCUT2D eigenvalue weighted by Gasteiger charge is 2.23. The molecular weight excluding hydrogens is 378 g/mol. The predicted octanol–water partition coefficient (Wildman–Crippen LogP) is 2.69. The number of carbonyl (C=O) groups excluding carboxylic acids is 1. The number of para-hydroxylation sites is 1. The SMILES string of the molecule is O=C(/C=C/c1ccccc1[N+](=O)[O-])N1CC[NH+](Cc2cccc3ccccc23)CC1. The Morgan fingerprint density at radius 3 is 2.50 bits per heavy atom. The summed E-state index contributed by atoms with van der Waals surface area (Å²) < 4.78 is 0. The van der Waals surface area contributed by atoms with Crippen LogP contribution in [0.2, 0.25) is 0 Å². The molecule has 3 aromatic rings. The monoisotopic (exact) mass is 402 g/mol. The summed E-state index contributed by atoms with van der Waals surface area (Å²) in [5.41, 5.74) is 1.78. The van der Waals surface area contributed by atoms with Gasteiger partial charge in [0, 0.05) is 17.7 Å². The lowest BCUT2D eigenvalue weighted by Crippen LogP contribution is -3.13. The van der Waals surface area contributed by atoms with Crippen molar-refractivity contribution in [2.75, 3.05) is 26.2 Å². The van der Waals surface area contributed by atoms with Crippen LogP contribution in [0.3, 0.4) is 0 Å². The third-order valence-electron chi connectivity index (χ3n) is 5.64. The Kier molecular flexibility index (Phi) is 5.86. The molecule has 6 nitrogen and oxygen atoms in total. The van der Waals surface area contributed by atoms with Crippen molar-refractivity contribution in [3.8, 4) is 0 Å². The van der Waals surface area contributed by atoms with Gasteiger partial charge in [-0.15, -0.1) is 0 Å². The van der Waals surface area contributed by atoms with E-state index in [4.69, 9.17) is 0 Å². The fourth-order valence-electron chi connectivity index (χ4n) is 4.00. The molecule has 4 rings (SSSR count). The fraction of sp³-hybridized carbons (Fsp3) is 0.208. The molecule has 0 saturated carbocycles. The molecule has 152 valence electrons. The molecule has 0 aliphatic carbocycles. The maximum atomic E-state index is 12.6. The first-order chi connectivity index (χ1) is 14.6. The van der Waals surface area contributed by atoms with Gasteiger partial charge in [0.25, 0.3) is 5.69 Å². The number of nitro groups is 1. The van der Waals surface area contributed by atoms with E-state index in [0.717, 1.165) is 19.6 Å². The number of fused-ring (bicyclic) bond motifs is 1. The quantitative estimate of drug-likeness (QED) is 0.405. The van der Waals surface area contributed by atoms with E-state index in [1.807, 2.05) is 4.90 Å². The number of hydrogen-bond acceptors (Lipinski definition) is 3. The zero-order valence-corrected chi connectivity index (χ0v) is 16.7. The van der Waals surface area contributed by atoms with Gasteiger partial charge >= 0.3 is 0 Å². The van der Waals surface area contributed by atoms with E-state index in [9.17, 15) is 14.9 Å². The molecule has 1 N–H and O–H groups in total. The molecule has 3 aromatic carbocycles. The number of piperazine rings is 1. The highest BCUT2D eigenvalue weighted by Crippen LogP contribution is 2.19. The molecule has 0 aromatic heterocycles. The molecule has 1 heterocycles. The zero-order valence-electron chi connectivity index (χ0n) is 16.7. The summed E-state index contributed by atoms with van der Waals surface area (Å²) in [4.78, 5) is 26.5. The maximum Gasteiger partial charge on any atom is 0.276 e. The van der Waals surface area contributed by atoms with Gasteiger partial charge in [0.2, 0.25) is 5.91 Å². The van der Waals surface area contributed by atoms with E-state index < -0.39 is 4.92 Å². The number of nitrogens with one attached hydrogen (secondary N) is 1. The number of nitrogens with zero attached hydrogens (tertiary/aromatic N) is 2. The highest BCUT2D eigenvalue weighted by atomic mass is 16.6. The minimum Gasteiger partial charge on any atom is -0.328 e. The molecule has 0 atom stereocenters. The van der Waals surface area contributed by atoms with Gasteiger partial charge in [-0.05, 0) is 22.9 Å². The van der Waals surface area contributed by atoms with Crippen molar-refractivity contribution in [3.63, 3.8) is 0 Å². The first-order valence-electron chi connectivity index (χ1n) is 10.1. The summed E-state index contributed by atoms with van der Waals surface area (Å²) in [5, 5.41) is 13.7. The average molecular weight is 402 g/mol. The number of carbonyl (C=O) groups is 1. The van der Waals surface area contributed by atoms with Gasteiger partial charge in [0.1, 0.15) is 6.54 Å². The molecule has 1 fully saturated rings. The molecule has 0 radical (unpaired) electrons. The highest BCUT2D eigenvalue weighted by molar-refractivity contribution is 5.92. The van der Waals surface area contributed by atoms with Gasteiger partial charge in [-0.1, -0.05) is 54.6 Å². The van der Waals surface area contributed by atoms with E-state index in [-0.39, 0.29) is 11.6 Å². The van der Waals surface area contributed by atoms with Crippen molar-refractivity contribution in [1.29, 1.82) is 0 Å². The van der Waals surface area contributed by atoms with Crippen molar-refractivity contribution in [3.05, 3.63) is 94.0 Å². The van der Waals surface area contributed by atoms with Crippen LogP contribution in [0.25, 0.3) is 16.8 Å². The Morgan fingerprint density at radius 2 is 1.70 bits per heavy atom. The second kappa shape index (κ2) is 8.88. The topological polar surface area (TPSA) is 67.9 Å². The van der Waals surface area contributed by atoms with Gasteiger partial charge in [0.05, 0.1) is 36.7 Å². The van der Waals surface area contributed by atoms with Gasteiger partial charge < -0.3 is 9.80 Å². The second-order valence-corrected chi connectivity index (χ2v) is 7.54. The number of amides is 1. The molecule has 0 bridgehead atoms. The van der Waals surface area contributed by atoms with Crippen LogP contribution in [0, 0.1) is 10.1 Å². The third-order valence-corrected chi connectivity index (χ3v) is 5.64. The van der Waals surface area contributed by atoms with Gasteiger partial charge in [0.15, 0.2) is 0 Å². The van der Waals surface area contributed by atoms with Crippen LogP contribution >= 0.6 is 0 Å². The number of nitro benzene ring substituents is 1.